The minimum Gasteiger partial charge on any atom is -0.399 e. The number of hydrogen-bond donors (Lipinski definition) is 2. The molecule has 3 nitrogen and oxygen atoms in total. The lowest BCUT2D eigenvalue weighted by molar-refractivity contribution is 1.12. The molecule has 1 heterocycles. The number of H-pyrrole nitrogens is 1. The molecule has 0 fully saturated rings. The van der Waals surface area contributed by atoms with E-state index in [1.54, 1.807) is 6.20 Å². The Labute approximate surface area is 71.7 Å². The highest BCUT2D eigenvalue weighted by Crippen LogP contribution is 2.24. The zero-order valence-electron chi connectivity index (χ0n) is 5.63. The van der Waals surface area contributed by atoms with Gasteiger partial charge >= 0.3 is 0 Å². The van der Waals surface area contributed by atoms with Crippen LogP contribution < -0.4 is 5.73 Å². The van der Waals surface area contributed by atoms with E-state index < -0.39 is 0 Å². The van der Waals surface area contributed by atoms with E-state index in [-0.39, 0.29) is 0 Å². The summed E-state index contributed by atoms with van der Waals surface area (Å²) >= 11 is 3.39. The summed E-state index contributed by atoms with van der Waals surface area (Å²) in [6.07, 6.45) is 1.76. The summed E-state index contributed by atoms with van der Waals surface area (Å²) in [6.45, 7) is 0. The largest absolute Gasteiger partial charge is 0.399 e. The van der Waals surface area contributed by atoms with Gasteiger partial charge in [-0.25, -0.2) is 0 Å². The van der Waals surface area contributed by atoms with Crippen LogP contribution in [0.1, 0.15) is 0 Å². The van der Waals surface area contributed by atoms with Crippen molar-refractivity contribution >= 4 is 32.5 Å². The minimum absolute atomic E-state index is 0.730. The molecule has 2 rings (SSSR count). The molecule has 0 amide bonds. The van der Waals surface area contributed by atoms with Crippen molar-refractivity contribution in [1.82, 2.24) is 10.2 Å². The van der Waals surface area contributed by atoms with Crippen molar-refractivity contribution < 1.29 is 0 Å². The van der Waals surface area contributed by atoms with E-state index in [4.69, 9.17) is 5.73 Å². The molecule has 11 heavy (non-hydrogen) atoms. The van der Waals surface area contributed by atoms with E-state index in [1.807, 2.05) is 12.1 Å². The number of nitrogens with two attached hydrogens (primary N) is 1. The molecule has 0 aliphatic carbocycles. The van der Waals surface area contributed by atoms with E-state index in [1.165, 1.54) is 0 Å². The molecule has 1 aromatic heterocycles. The normalized spacial score (nSPS) is 10.6. The van der Waals surface area contributed by atoms with Crippen LogP contribution in [0.25, 0.3) is 10.9 Å². The summed E-state index contributed by atoms with van der Waals surface area (Å²) in [4.78, 5) is 0. The van der Waals surface area contributed by atoms with E-state index >= 15 is 0 Å². The highest BCUT2D eigenvalue weighted by molar-refractivity contribution is 9.10. The molecule has 0 saturated carbocycles. The van der Waals surface area contributed by atoms with Gasteiger partial charge in [-0.2, -0.15) is 5.10 Å². The van der Waals surface area contributed by atoms with Crippen LogP contribution in [0.15, 0.2) is 22.8 Å². The van der Waals surface area contributed by atoms with Gasteiger partial charge in [-0.15, -0.1) is 0 Å². The Hall–Kier alpha value is -1.03. The fourth-order valence-corrected chi connectivity index (χ4v) is 1.61. The Morgan fingerprint density at radius 2 is 2.27 bits per heavy atom. The van der Waals surface area contributed by atoms with Gasteiger partial charge in [-0.3, -0.25) is 5.10 Å². The molecule has 0 saturated heterocycles. The van der Waals surface area contributed by atoms with Crippen LogP contribution in [-0.4, -0.2) is 10.2 Å². The second-order valence-corrected chi connectivity index (χ2v) is 3.19. The molecular formula is C7H6BrN3. The lowest BCUT2D eigenvalue weighted by Gasteiger charge is -1.95. The molecule has 1 aromatic carbocycles. The molecule has 4 heteroatoms. The smallest absolute Gasteiger partial charge is 0.0682 e. The van der Waals surface area contributed by atoms with Crippen LogP contribution in [0.5, 0.6) is 0 Å². The van der Waals surface area contributed by atoms with Crippen molar-refractivity contribution in [1.29, 1.82) is 0 Å². The van der Waals surface area contributed by atoms with Gasteiger partial charge in [0.1, 0.15) is 0 Å². The van der Waals surface area contributed by atoms with Crippen molar-refractivity contribution in [3.63, 3.8) is 0 Å². The van der Waals surface area contributed by atoms with Gasteiger partial charge in [0.25, 0.3) is 0 Å². The minimum atomic E-state index is 0.730. The number of rotatable bonds is 0. The highest BCUT2D eigenvalue weighted by Gasteiger charge is 2.00. The van der Waals surface area contributed by atoms with Crippen LogP contribution in [0.3, 0.4) is 0 Å². The van der Waals surface area contributed by atoms with Gasteiger partial charge in [-0.1, -0.05) is 0 Å². The third-order valence-electron chi connectivity index (χ3n) is 1.53. The fraction of sp³-hybridized carbons (Fsp3) is 0. The first-order valence-electron chi connectivity index (χ1n) is 3.15. The maximum absolute atomic E-state index is 5.61. The fourth-order valence-electron chi connectivity index (χ4n) is 1.03. The Morgan fingerprint density at radius 3 is 3.09 bits per heavy atom. The van der Waals surface area contributed by atoms with Gasteiger partial charge in [-0.05, 0) is 28.1 Å². The number of nitrogens with zero attached hydrogens (tertiary/aromatic N) is 1. The summed E-state index contributed by atoms with van der Waals surface area (Å²) < 4.78 is 0.973. The quantitative estimate of drug-likeness (QED) is 0.655. The molecule has 0 bridgehead atoms. The molecule has 0 atom stereocenters. The van der Waals surface area contributed by atoms with E-state index in [0.717, 1.165) is 21.1 Å². The first-order chi connectivity index (χ1) is 5.27. The average Bonchev–Trinajstić information content (AvgIpc) is 2.34. The Bertz CT molecular complexity index is 393. The molecule has 0 aliphatic heterocycles. The zero-order valence-corrected chi connectivity index (χ0v) is 7.22. The number of halogens is 1. The monoisotopic (exact) mass is 211 g/mol. The average molecular weight is 212 g/mol. The van der Waals surface area contributed by atoms with Crippen molar-refractivity contribution in [2.45, 2.75) is 0 Å². The molecule has 2 aromatic rings. The number of nitrogen functional groups attached to an aromatic ring is 1. The Kier molecular flexibility index (Phi) is 1.35. The van der Waals surface area contributed by atoms with Crippen molar-refractivity contribution in [2.24, 2.45) is 0 Å². The second-order valence-electron chi connectivity index (χ2n) is 2.33. The molecule has 0 unspecified atom stereocenters. The van der Waals surface area contributed by atoms with Crippen molar-refractivity contribution in [3.05, 3.63) is 22.8 Å². The van der Waals surface area contributed by atoms with Crippen molar-refractivity contribution in [3.8, 4) is 0 Å². The number of aromatic amines is 1. The zero-order chi connectivity index (χ0) is 7.84. The second kappa shape index (κ2) is 2.23. The van der Waals surface area contributed by atoms with Crippen LogP contribution in [0.4, 0.5) is 5.69 Å². The highest BCUT2D eigenvalue weighted by atomic mass is 79.9. The van der Waals surface area contributed by atoms with Crippen LogP contribution in [0.2, 0.25) is 0 Å². The number of aromatic nitrogens is 2. The molecule has 0 spiro atoms. The number of anilines is 1. The van der Waals surface area contributed by atoms with Gasteiger partial charge in [0.05, 0.1) is 11.7 Å². The van der Waals surface area contributed by atoms with Crippen LogP contribution >= 0.6 is 15.9 Å². The topological polar surface area (TPSA) is 54.7 Å². The maximum atomic E-state index is 5.61. The number of hydrogen-bond acceptors (Lipinski definition) is 2. The molecular weight excluding hydrogens is 206 g/mol. The summed E-state index contributed by atoms with van der Waals surface area (Å²) in [5.41, 5.74) is 7.29. The van der Waals surface area contributed by atoms with E-state index in [0.29, 0.717) is 0 Å². The van der Waals surface area contributed by atoms with Gasteiger partial charge in [0.15, 0.2) is 0 Å². The number of fused-ring (bicyclic) bond motifs is 1. The molecule has 3 N–H and O–H groups in total. The predicted octanol–water partition coefficient (Wildman–Crippen LogP) is 1.91. The summed E-state index contributed by atoms with van der Waals surface area (Å²) in [7, 11) is 0. The summed E-state index contributed by atoms with van der Waals surface area (Å²) in [5.74, 6) is 0. The summed E-state index contributed by atoms with van der Waals surface area (Å²) in [5, 5.41) is 7.79. The maximum Gasteiger partial charge on any atom is 0.0682 e. The summed E-state index contributed by atoms with van der Waals surface area (Å²) in [6, 6.07) is 3.71. The van der Waals surface area contributed by atoms with Gasteiger partial charge in [0.2, 0.25) is 0 Å². The predicted molar refractivity (Wildman–Crippen MR) is 48.2 cm³/mol. The first-order valence-corrected chi connectivity index (χ1v) is 3.95. The lowest BCUT2D eigenvalue weighted by atomic mass is 10.2. The third-order valence-corrected chi connectivity index (χ3v) is 2.19. The number of benzene rings is 1. The van der Waals surface area contributed by atoms with Crippen LogP contribution in [0, 0.1) is 0 Å². The molecule has 0 radical (unpaired) electrons. The van der Waals surface area contributed by atoms with E-state index in [2.05, 4.69) is 26.1 Å². The standard InChI is InChI=1S/C7H6BrN3/c8-6-1-4(9)2-7-5(6)3-10-11-7/h1-3H,9H2,(H,10,11). The van der Waals surface area contributed by atoms with E-state index in [9.17, 15) is 0 Å². The van der Waals surface area contributed by atoms with Crippen LogP contribution in [-0.2, 0) is 0 Å². The number of nitrogens with one attached hydrogen (secondary N) is 1. The van der Waals surface area contributed by atoms with Gasteiger partial charge < -0.3 is 5.73 Å². The first kappa shape index (κ1) is 6.67. The SMILES string of the molecule is Nc1cc(Br)c2cn[nH]c2c1. The Morgan fingerprint density at radius 1 is 1.45 bits per heavy atom. The lowest BCUT2D eigenvalue weighted by Crippen LogP contribution is -1.83. The molecule has 56 valence electrons. The molecule has 0 aliphatic rings. The Balaban J connectivity index is 2.91. The third kappa shape index (κ3) is 0.991. The van der Waals surface area contributed by atoms with Crippen molar-refractivity contribution in [2.75, 3.05) is 5.73 Å². The van der Waals surface area contributed by atoms with Gasteiger partial charge in [0, 0.05) is 15.5 Å².